The topological polar surface area (TPSA) is 32.3 Å². The zero-order valence-electron chi connectivity index (χ0n) is 12.0. The lowest BCUT2D eigenvalue weighted by Gasteiger charge is -2.32. The van der Waals surface area contributed by atoms with Gasteiger partial charge in [-0.2, -0.15) is 0 Å². The third-order valence-electron chi connectivity index (χ3n) is 3.94. The van der Waals surface area contributed by atoms with Gasteiger partial charge in [-0.15, -0.1) is 0 Å². The van der Waals surface area contributed by atoms with Crippen molar-refractivity contribution in [2.24, 2.45) is 0 Å². The molecule has 1 heterocycles. The van der Waals surface area contributed by atoms with Crippen LogP contribution >= 0.6 is 0 Å². The molecule has 0 aliphatic carbocycles. The molecule has 0 saturated carbocycles. The van der Waals surface area contributed by atoms with Crippen LogP contribution in [0.5, 0.6) is 0 Å². The SMILES string of the molecule is CCc1ccc(C(=O)CC(C)N2CCNCC2)cc1. The Bertz CT molecular complexity index is 407. The van der Waals surface area contributed by atoms with E-state index >= 15 is 0 Å². The minimum absolute atomic E-state index is 0.258. The molecule has 1 aromatic carbocycles. The molecule has 1 aliphatic rings. The van der Waals surface area contributed by atoms with Crippen molar-refractivity contribution in [3.8, 4) is 0 Å². The Kier molecular flexibility index (Phi) is 5.11. The third kappa shape index (κ3) is 3.88. The maximum Gasteiger partial charge on any atom is 0.164 e. The summed E-state index contributed by atoms with van der Waals surface area (Å²) in [6.07, 6.45) is 1.64. The van der Waals surface area contributed by atoms with Crippen molar-refractivity contribution in [1.82, 2.24) is 10.2 Å². The number of hydrogen-bond donors (Lipinski definition) is 1. The highest BCUT2D eigenvalue weighted by Crippen LogP contribution is 2.12. The summed E-state index contributed by atoms with van der Waals surface area (Å²) in [5, 5.41) is 3.34. The van der Waals surface area contributed by atoms with Crippen LogP contribution in [0.2, 0.25) is 0 Å². The zero-order valence-corrected chi connectivity index (χ0v) is 12.0. The Morgan fingerprint density at radius 2 is 1.89 bits per heavy atom. The van der Waals surface area contributed by atoms with Crippen molar-refractivity contribution in [3.63, 3.8) is 0 Å². The smallest absolute Gasteiger partial charge is 0.164 e. The van der Waals surface area contributed by atoms with Gasteiger partial charge in [0.15, 0.2) is 5.78 Å². The van der Waals surface area contributed by atoms with E-state index in [0.29, 0.717) is 12.5 Å². The fourth-order valence-electron chi connectivity index (χ4n) is 2.56. The van der Waals surface area contributed by atoms with E-state index in [1.54, 1.807) is 0 Å². The van der Waals surface area contributed by atoms with Crippen molar-refractivity contribution < 1.29 is 4.79 Å². The average molecular weight is 260 g/mol. The first-order valence-electron chi connectivity index (χ1n) is 7.27. The van der Waals surface area contributed by atoms with Crippen molar-refractivity contribution in [1.29, 1.82) is 0 Å². The molecule has 0 amide bonds. The Labute approximate surface area is 116 Å². The van der Waals surface area contributed by atoms with Crippen molar-refractivity contribution in [2.75, 3.05) is 26.2 Å². The number of rotatable bonds is 5. The summed E-state index contributed by atoms with van der Waals surface area (Å²) in [7, 11) is 0. The molecule has 1 unspecified atom stereocenters. The summed E-state index contributed by atoms with van der Waals surface area (Å²) >= 11 is 0. The van der Waals surface area contributed by atoms with Gasteiger partial charge in [0.2, 0.25) is 0 Å². The third-order valence-corrected chi connectivity index (χ3v) is 3.94. The lowest BCUT2D eigenvalue weighted by Crippen LogP contribution is -2.48. The number of hydrogen-bond acceptors (Lipinski definition) is 3. The van der Waals surface area contributed by atoms with E-state index in [1.807, 2.05) is 12.1 Å². The highest BCUT2D eigenvalue weighted by molar-refractivity contribution is 5.96. The van der Waals surface area contributed by atoms with E-state index in [4.69, 9.17) is 0 Å². The number of piperazine rings is 1. The molecule has 3 heteroatoms. The second-order valence-electron chi connectivity index (χ2n) is 5.31. The van der Waals surface area contributed by atoms with Gasteiger partial charge < -0.3 is 5.32 Å². The molecule has 3 nitrogen and oxygen atoms in total. The Balaban J connectivity index is 1.91. The summed E-state index contributed by atoms with van der Waals surface area (Å²) in [6, 6.07) is 8.38. The molecule has 19 heavy (non-hydrogen) atoms. The number of Topliss-reactive ketones (excluding diaryl/α,β-unsaturated/α-hetero) is 1. The highest BCUT2D eigenvalue weighted by atomic mass is 16.1. The molecule has 0 spiro atoms. The van der Waals surface area contributed by atoms with Crippen LogP contribution in [0.3, 0.4) is 0 Å². The predicted molar refractivity (Wildman–Crippen MR) is 78.7 cm³/mol. The van der Waals surface area contributed by atoms with Gasteiger partial charge >= 0.3 is 0 Å². The first-order chi connectivity index (χ1) is 9.20. The molecular formula is C16H24N2O. The van der Waals surface area contributed by atoms with Gasteiger partial charge in [-0.05, 0) is 18.9 Å². The molecule has 1 aromatic rings. The largest absolute Gasteiger partial charge is 0.314 e. The van der Waals surface area contributed by atoms with E-state index in [1.165, 1.54) is 5.56 Å². The van der Waals surface area contributed by atoms with Crippen LogP contribution in [-0.2, 0) is 6.42 Å². The summed E-state index contributed by atoms with van der Waals surface area (Å²) in [4.78, 5) is 14.7. The first-order valence-corrected chi connectivity index (χ1v) is 7.27. The lowest BCUT2D eigenvalue weighted by atomic mass is 10.0. The van der Waals surface area contributed by atoms with Crippen molar-refractivity contribution in [3.05, 3.63) is 35.4 Å². The van der Waals surface area contributed by atoms with Gasteiger partial charge in [-0.1, -0.05) is 31.2 Å². The summed E-state index contributed by atoms with van der Waals surface area (Å²) in [6.45, 7) is 8.44. The number of nitrogens with zero attached hydrogens (tertiary/aromatic N) is 1. The maximum atomic E-state index is 12.3. The molecule has 1 N–H and O–H groups in total. The minimum Gasteiger partial charge on any atom is -0.314 e. The second-order valence-corrected chi connectivity index (χ2v) is 5.31. The first kappa shape index (κ1) is 14.2. The van der Waals surface area contributed by atoms with Gasteiger partial charge in [0.25, 0.3) is 0 Å². The average Bonchev–Trinajstić information content (AvgIpc) is 2.48. The molecule has 1 aliphatic heterocycles. The van der Waals surface area contributed by atoms with Gasteiger partial charge in [-0.25, -0.2) is 0 Å². The fourth-order valence-corrected chi connectivity index (χ4v) is 2.56. The molecule has 104 valence electrons. The number of ketones is 1. The fraction of sp³-hybridized carbons (Fsp3) is 0.562. The van der Waals surface area contributed by atoms with E-state index in [2.05, 4.69) is 36.2 Å². The van der Waals surface area contributed by atoms with Gasteiger partial charge in [0.1, 0.15) is 0 Å². The van der Waals surface area contributed by atoms with Gasteiger partial charge in [0, 0.05) is 44.2 Å². The quantitative estimate of drug-likeness (QED) is 0.823. The molecule has 0 aromatic heterocycles. The van der Waals surface area contributed by atoms with Crippen LogP contribution in [-0.4, -0.2) is 42.9 Å². The molecule has 0 bridgehead atoms. The minimum atomic E-state index is 0.258. The van der Waals surface area contributed by atoms with Crippen molar-refractivity contribution >= 4 is 5.78 Å². The van der Waals surface area contributed by atoms with E-state index in [-0.39, 0.29) is 5.78 Å². The zero-order chi connectivity index (χ0) is 13.7. The summed E-state index contributed by atoms with van der Waals surface area (Å²) in [5.74, 6) is 0.258. The number of carbonyl (C=O) groups is 1. The summed E-state index contributed by atoms with van der Waals surface area (Å²) < 4.78 is 0. The summed E-state index contributed by atoms with van der Waals surface area (Å²) in [5.41, 5.74) is 2.13. The molecule has 1 fully saturated rings. The van der Waals surface area contributed by atoms with E-state index in [0.717, 1.165) is 38.2 Å². The number of aryl methyl sites for hydroxylation is 1. The molecule has 1 atom stereocenters. The number of nitrogens with one attached hydrogen (secondary N) is 1. The maximum absolute atomic E-state index is 12.3. The monoisotopic (exact) mass is 260 g/mol. The lowest BCUT2D eigenvalue weighted by molar-refractivity contribution is 0.0918. The number of benzene rings is 1. The standard InChI is InChI=1S/C16H24N2O/c1-3-14-4-6-15(7-5-14)16(19)12-13(2)18-10-8-17-9-11-18/h4-7,13,17H,3,8-12H2,1-2H3. The van der Waals surface area contributed by atoms with E-state index < -0.39 is 0 Å². The van der Waals surface area contributed by atoms with Crippen LogP contribution in [0.25, 0.3) is 0 Å². The molecule has 2 rings (SSSR count). The van der Waals surface area contributed by atoms with E-state index in [9.17, 15) is 4.79 Å². The predicted octanol–water partition coefficient (Wildman–Crippen LogP) is 2.12. The Hall–Kier alpha value is -1.19. The van der Waals surface area contributed by atoms with Crippen LogP contribution in [0, 0.1) is 0 Å². The van der Waals surface area contributed by atoms with Gasteiger partial charge in [-0.3, -0.25) is 9.69 Å². The Morgan fingerprint density at radius 1 is 1.26 bits per heavy atom. The van der Waals surface area contributed by atoms with Gasteiger partial charge in [0.05, 0.1) is 0 Å². The van der Waals surface area contributed by atoms with Crippen LogP contribution in [0.1, 0.15) is 36.2 Å². The highest BCUT2D eigenvalue weighted by Gasteiger charge is 2.19. The molecule has 0 radical (unpaired) electrons. The normalized spacial score (nSPS) is 18.2. The second kappa shape index (κ2) is 6.83. The molecule has 1 saturated heterocycles. The van der Waals surface area contributed by atoms with Crippen LogP contribution < -0.4 is 5.32 Å². The van der Waals surface area contributed by atoms with Crippen molar-refractivity contribution in [2.45, 2.75) is 32.7 Å². The van der Waals surface area contributed by atoms with Crippen LogP contribution in [0.4, 0.5) is 0 Å². The Morgan fingerprint density at radius 3 is 2.47 bits per heavy atom. The van der Waals surface area contributed by atoms with Crippen LogP contribution in [0.15, 0.2) is 24.3 Å². The number of carbonyl (C=O) groups excluding carboxylic acids is 1. The molecular weight excluding hydrogens is 236 g/mol.